The third-order valence-corrected chi connectivity index (χ3v) is 2.50. The first kappa shape index (κ1) is 11.6. The van der Waals surface area contributed by atoms with Gasteiger partial charge in [0.1, 0.15) is 0 Å². The van der Waals surface area contributed by atoms with Crippen molar-refractivity contribution >= 4 is 6.09 Å². The predicted octanol–water partition coefficient (Wildman–Crippen LogP) is 2.84. The van der Waals surface area contributed by atoms with Crippen molar-refractivity contribution in [2.45, 2.75) is 19.9 Å². The van der Waals surface area contributed by atoms with E-state index in [1.165, 1.54) is 7.11 Å². The zero-order valence-corrected chi connectivity index (χ0v) is 9.43. The van der Waals surface area contributed by atoms with Crippen molar-refractivity contribution in [2.24, 2.45) is 0 Å². The largest absolute Gasteiger partial charge is 0.453 e. The van der Waals surface area contributed by atoms with Gasteiger partial charge in [0.05, 0.1) is 13.2 Å². The molecule has 0 aliphatic heterocycles. The van der Waals surface area contributed by atoms with Crippen LogP contribution in [0.15, 0.2) is 30.3 Å². The van der Waals surface area contributed by atoms with Crippen LogP contribution in [-0.2, 0) is 4.74 Å². The van der Waals surface area contributed by atoms with Crippen LogP contribution < -0.4 is 0 Å². The Balaban J connectivity index is 2.82. The van der Waals surface area contributed by atoms with Gasteiger partial charge in [-0.15, -0.1) is 0 Å². The quantitative estimate of drug-likeness (QED) is 0.762. The number of benzene rings is 1. The summed E-state index contributed by atoms with van der Waals surface area (Å²) in [5, 5.41) is 0. The number of carbonyl (C=O) groups excluding carboxylic acids is 1. The van der Waals surface area contributed by atoms with Crippen molar-refractivity contribution in [3.8, 4) is 0 Å². The van der Waals surface area contributed by atoms with Crippen molar-refractivity contribution in [1.29, 1.82) is 0 Å². The maximum Gasteiger partial charge on any atom is 0.409 e. The standard InChI is InChI=1S/C12H17NO2/c1-4-13(12(14)15-3)10(2)11-8-6-5-7-9-11/h5-10H,4H2,1-3H3. The Labute approximate surface area is 90.7 Å². The molecule has 1 unspecified atom stereocenters. The molecule has 0 saturated heterocycles. The number of amides is 1. The lowest BCUT2D eigenvalue weighted by molar-refractivity contribution is 0.111. The maximum absolute atomic E-state index is 11.5. The molecular formula is C12H17NO2. The fraction of sp³-hybridized carbons (Fsp3) is 0.417. The van der Waals surface area contributed by atoms with Gasteiger partial charge in [-0.1, -0.05) is 30.3 Å². The van der Waals surface area contributed by atoms with Crippen LogP contribution in [0.25, 0.3) is 0 Å². The van der Waals surface area contributed by atoms with Crippen LogP contribution >= 0.6 is 0 Å². The Hall–Kier alpha value is -1.51. The lowest BCUT2D eigenvalue weighted by Crippen LogP contribution is -2.33. The van der Waals surface area contributed by atoms with Crippen LogP contribution in [0.4, 0.5) is 4.79 Å². The van der Waals surface area contributed by atoms with E-state index in [9.17, 15) is 4.79 Å². The number of rotatable bonds is 3. The van der Waals surface area contributed by atoms with Crippen LogP contribution in [0.1, 0.15) is 25.5 Å². The van der Waals surface area contributed by atoms with Gasteiger partial charge < -0.3 is 9.64 Å². The summed E-state index contributed by atoms with van der Waals surface area (Å²) in [6.45, 7) is 4.58. The highest BCUT2D eigenvalue weighted by Gasteiger charge is 2.19. The Bertz CT molecular complexity index is 311. The van der Waals surface area contributed by atoms with Gasteiger partial charge in [0.25, 0.3) is 0 Å². The molecule has 1 aromatic carbocycles. The number of methoxy groups -OCH3 is 1. The van der Waals surface area contributed by atoms with Crippen LogP contribution in [0.5, 0.6) is 0 Å². The lowest BCUT2D eigenvalue weighted by atomic mass is 10.1. The molecule has 0 aliphatic carbocycles. The minimum absolute atomic E-state index is 0.0450. The highest BCUT2D eigenvalue weighted by molar-refractivity contribution is 5.68. The van der Waals surface area contributed by atoms with Crippen molar-refractivity contribution < 1.29 is 9.53 Å². The summed E-state index contributed by atoms with van der Waals surface area (Å²) in [5.74, 6) is 0. The predicted molar refractivity (Wildman–Crippen MR) is 59.6 cm³/mol. The molecule has 0 radical (unpaired) electrons. The van der Waals surface area contributed by atoms with Gasteiger partial charge in [0, 0.05) is 6.54 Å². The fourth-order valence-corrected chi connectivity index (χ4v) is 1.59. The second-order valence-electron chi connectivity index (χ2n) is 3.34. The number of nitrogens with zero attached hydrogens (tertiary/aromatic N) is 1. The van der Waals surface area contributed by atoms with Gasteiger partial charge in [0.15, 0.2) is 0 Å². The molecule has 0 heterocycles. The zero-order valence-electron chi connectivity index (χ0n) is 9.43. The first-order chi connectivity index (χ1) is 7.20. The number of ether oxygens (including phenoxy) is 1. The SMILES string of the molecule is CCN(C(=O)OC)C(C)c1ccccc1. The molecule has 0 fully saturated rings. The number of hydrogen-bond donors (Lipinski definition) is 0. The van der Waals surface area contributed by atoms with Crippen LogP contribution in [0.3, 0.4) is 0 Å². The molecule has 1 aromatic rings. The minimum Gasteiger partial charge on any atom is -0.453 e. The third-order valence-electron chi connectivity index (χ3n) is 2.50. The van der Waals surface area contributed by atoms with Gasteiger partial charge in [-0.25, -0.2) is 4.79 Å². The van der Waals surface area contributed by atoms with E-state index in [4.69, 9.17) is 4.74 Å². The zero-order chi connectivity index (χ0) is 11.3. The Kier molecular flexibility index (Phi) is 4.16. The molecule has 1 amide bonds. The van der Waals surface area contributed by atoms with Gasteiger partial charge in [-0.2, -0.15) is 0 Å². The molecule has 82 valence electrons. The molecule has 0 aromatic heterocycles. The van der Waals surface area contributed by atoms with E-state index >= 15 is 0 Å². The molecule has 15 heavy (non-hydrogen) atoms. The average Bonchev–Trinajstić information content (AvgIpc) is 2.30. The monoisotopic (exact) mass is 207 g/mol. The molecule has 0 bridgehead atoms. The first-order valence-corrected chi connectivity index (χ1v) is 5.10. The Morgan fingerprint density at radius 3 is 2.47 bits per heavy atom. The minimum atomic E-state index is -0.283. The molecule has 3 nitrogen and oxygen atoms in total. The highest BCUT2D eigenvalue weighted by atomic mass is 16.5. The van der Waals surface area contributed by atoms with E-state index in [1.54, 1.807) is 4.90 Å². The van der Waals surface area contributed by atoms with E-state index in [1.807, 2.05) is 44.2 Å². The van der Waals surface area contributed by atoms with Gasteiger partial charge in [-0.05, 0) is 19.4 Å². The summed E-state index contributed by atoms with van der Waals surface area (Å²) in [7, 11) is 1.41. The summed E-state index contributed by atoms with van der Waals surface area (Å²) in [5.41, 5.74) is 1.12. The van der Waals surface area contributed by atoms with Crippen molar-refractivity contribution in [3.05, 3.63) is 35.9 Å². The van der Waals surface area contributed by atoms with E-state index in [-0.39, 0.29) is 12.1 Å². The van der Waals surface area contributed by atoms with E-state index < -0.39 is 0 Å². The highest BCUT2D eigenvalue weighted by Crippen LogP contribution is 2.19. The Morgan fingerprint density at radius 1 is 1.40 bits per heavy atom. The summed E-state index contributed by atoms with van der Waals surface area (Å²) in [6, 6.07) is 9.97. The summed E-state index contributed by atoms with van der Waals surface area (Å²) in [6.07, 6.45) is -0.283. The van der Waals surface area contributed by atoms with Crippen LogP contribution in [0.2, 0.25) is 0 Å². The van der Waals surface area contributed by atoms with E-state index in [0.717, 1.165) is 5.56 Å². The second kappa shape index (κ2) is 5.39. The molecule has 0 saturated carbocycles. The topological polar surface area (TPSA) is 29.5 Å². The molecule has 3 heteroatoms. The molecular weight excluding hydrogens is 190 g/mol. The van der Waals surface area contributed by atoms with E-state index in [2.05, 4.69) is 0 Å². The van der Waals surface area contributed by atoms with Crippen LogP contribution in [0, 0.1) is 0 Å². The molecule has 1 atom stereocenters. The van der Waals surface area contributed by atoms with E-state index in [0.29, 0.717) is 6.54 Å². The summed E-state index contributed by atoms with van der Waals surface area (Å²) < 4.78 is 4.73. The molecule has 0 N–H and O–H groups in total. The number of carbonyl (C=O) groups is 1. The Morgan fingerprint density at radius 2 is 2.00 bits per heavy atom. The fourth-order valence-electron chi connectivity index (χ4n) is 1.59. The maximum atomic E-state index is 11.5. The lowest BCUT2D eigenvalue weighted by Gasteiger charge is -2.26. The van der Waals surface area contributed by atoms with Gasteiger partial charge >= 0.3 is 6.09 Å². The summed E-state index contributed by atoms with van der Waals surface area (Å²) >= 11 is 0. The normalized spacial score (nSPS) is 11.9. The van der Waals surface area contributed by atoms with Gasteiger partial charge in [0.2, 0.25) is 0 Å². The van der Waals surface area contributed by atoms with Crippen molar-refractivity contribution in [3.63, 3.8) is 0 Å². The first-order valence-electron chi connectivity index (χ1n) is 5.10. The van der Waals surface area contributed by atoms with Crippen molar-refractivity contribution in [2.75, 3.05) is 13.7 Å². The smallest absolute Gasteiger partial charge is 0.409 e. The molecule has 0 spiro atoms. The van der Waals surface area contributed by atoms with Gasteiger partial charge in [-0.3, -0.25) is 0 Å². The number of hydrogen-bond acceptors (Lipinski definition) is 2. The third kappa shape index (κ3) is 2.72. The summed E-state index contributed by atoms with van der Waals surface area (Å²) in [4.78, 5) is 13.2. The molecule has 0 aliphatic rings. The van der Waals surface area contributed by atoms with Crippen LogP contribution in [-0.4, -0.2) is 24.6 Å². The second-order valence-corrected chi connectivity index (χ2v) is 3.34. The average molecular weight is 207 g/mol. The molecule has 1 rings (SSSR count). The van der Waals surface area contributed by atoms with Crippen molar-refractivity contribution in [1.82, 2.24) is 4.90 Å².